The number of carbonyl (C=O) groups is 3. The van der Waals surface area contributed by atoms with Crippen LogP contribution in [0.2, 0.25) is 0 Å². The molecule has 1 heterocycles. The summed E-state index contributed by atoms with van der Waals surface area (Å²) in [5, 5.41) is 8.33. The second-order valence-electron chi connectivity index (χ2n) is 8.08. The summed E-state index contributed by atoms with van der Waals surface area (Å²) in [5.41, 5.74) is 3.12. The maximum atomic E-state index is 11.9. The third kappa shape index (κ3) is 11.7. The molecule has 2 N–H and O–H groups in total. The van der Waals surface area contributed by atoms with Crippen LogP contribution in [0.15, 0.2) is 46.9 Å². The van der Waals surface area contributed by atoms with Crippen molar-refractivity contribution < 1.29 is 19.1 Å². The number of nitrogens with one attached hydrogen (secondary N) is 2. The molecule has 8 heteroatoms. The van der Waals surface area contributed by atoms with Crippen molar-refractivity contribution in [3.8, 4) is 5.75 Å². The van der Waals surface area contributed by atoms with Gasteiger partial charge >= 0.3 is 5.97 Å². The van der Waals surface area contributed by atoms with Crippen LogP contribution in [0.3, 0.4) is 0 Å². The Bertz CT molecular complexity index is 895. The molecule has 2 rings (SSSR count). The van der Waals surface area contributed by atoms with E-state index in [-0.39, 0.29) is 12.5 Å². The number of ether oxygens (including phenoxy) is 1. The lowest BCUT2D eigenvalue weighted by atomic mass is 10.1. The van der Waals surface area contributed by atoms with Crippen LogP contribution in [-0.2, 0) is 9.59 Å². The number of unbranched alkanes of at least 4 members (excludes halogenated alkanes) is 8. The van der Waals surface area contributed by atoms with Gasteiger partial charge in [0.05, 0.1) is 12.8 Å². The molecule has 7 nitrogen and oxygen atoms in total. The molecule has 2 amide bonds. The van der Waals surface area contributed by atoms with Crippen LogP contribution >= 0.6 is 11.3 Å². The van der Waals surface area contributed by atoms with E-state index in [2.05, 4.69) is 22.8 Å². The monoisotopic (exact) mass is 485 g/mol. The van der Waals surface area contributed by atoms with Gasteiger partial charge in [-0.3, -0.25) is 9.59 Å². The zero-order chi connectivity index (χ0) is 24.4. The molecule has 0 saturated heterocycles. The Balaban J connectivity index is 1.54. The number of hydrogen-bond acceptors (Lipinski definition) is 6. The van der Waals surface area contributed by atoms with Gasteiger partial charge in [0.1, 0.15) is 10.6 Å². The van der Waals surface area contributed by atoms with E-state index in [1.165, 1.54) is 56.1 Å². The van der Waals surface area contributed by atoms with Gasteiger partial charge in [0.15, 0.2) is 0 Å². The third-order valence-corrected chi connectivity index (χ3v) is 6.02. The summed E-state index contributed by atoms with van der Waals surface area (Å²) in [4.78, 5) is 36.2. The van der Waals surface area contributed by atoms with Gasteiger partial charge in [-0.05, 0) is 47.7 Å². The number of amides is 2. The first-order valence-corrected chi connectivity index (χ1v) is 12.9. The predicted octanol–water partition coefficient (Wildman–Crippen LogP) is 5.45. The maximum absolute atomic E-state index is 11.9. The quantitative estimate of drug-likeness (QED) is 0.109. The molecular formula is C26H35N3O4S. The van der Waals surface area contributed by atoms with Crippen LogP contribution in [0.5, 0.6) is 5.75 Å². The molecule has 34 heavy (non-hydrogen) atoms. The van der Waals surface area contributed by atoms with E-state index < -0.39 is 11.9 Å². The zero-order valence-electron chi connectivity index (χ0n) is 19.9. The highest BCUT2D eigenvalue weighted by Gasteiger charge is 2.09. The van der Waals surface area contributed by atoms with Crippen LogP contribution in [0.25, 0.3) is 0 Å². The smallest absolute Gasteiger partial charge is 0.353 e. The first-order valence-electron chi connectivity index (χ1n) is 12.0. The van der Waals surface area contributed by atoms with Gasteiger partial charge in [0, 0.05) is 6.42 Å². The normalized spacial score (nSPS) is 10.9. The molecule has 0 atom stereocenters. The highest BCUT2D eigenvalue weighted by Crippen LogP contribution is 2.16. The summed E-state index contributed by atoms with van der Waals surface area (Å²) in [5.74, 6) is -0.481. The average molecular weight is 486 g/mol. The van der Waals surface area contributed by atoms with Gasteiger partial charge in [0.25, 0.3) is 5.91 Å². The summed E-state index contributed by atoms with van der Waals surface area (Å²) in [6.07, 6.45) is 12.7. The van der Waals surface area contributed by atoms with Gasteiger partial charge in [-0.15, -0.1) is 11.3 Å². The van der Waals surface area contributed by atoms with E-state index in [0.29, 0.717) is 17.0 Å². The van der Waals surface area contributed by atoms with Crippen molar-refractivity contribution in [2.75, 3.05) is 6.54 Å². The second kappa shape index (κ2) is 16.6. The van der Waals surface area contributed by atoms with Crippen molar-refractivity contribution in [1.29, 1.82) is 0 Å². The Morgan fingerprint density at radius 3 is 2.24 bits per heavy atom. The van der Waals surface area contributed by atoms with Crippen molar-refractivity contribution in [2.45, 2.75) is 71.1 Å². The fourth-order valence-electron chi connectivity index (χ4n) is 3.26. The van der Waals surface area contributed by atoms with Crippen molar-refractivity contribution in [3.05, 3.63) is 52.2 Å². The van der Waals surface area contributed by atoms with Gasteiger partial charge < -0.3 is 10.1 Å². The summed E-state index contributed by atoms with van der Waals surface area (Å²) in [6.45, 7) is 2.11. The lowest BCUT2D eigenvalue weighted by Crippen LogP contribution is -2.34. The van der Waals surface area contributed by atoms with E-state index in [9.17, 15) is 14.4 Å². The molecule has 184 valence electrons. The van der Waals surface area contributed by atoms with Crippen LogP contribution in [0.1, 0.15) is 86.4 Å². The van der Waals surface area contributed by atoms with Crippen LogP contribution < -0.4 is 15.5 Å². The zero-order valence-corrected chi connectivity index (χ0v) is 20.7. The fourth-order valence-corrected chi connectivity index (χ4v) is 3.85. The number of hydrazone groups is 1. The minimum atomic E-state index is -0.400. The van der Waals surface area contributed by atoms with E-state index >= 15 is 0 Å². The Hall–Kier alpha value is -3.00. The molecule has 0 spiro atoms. The van der Waals surface area contributed by atoms with Crippen LogP contribution in [0.4, 0.5) is 0 Å². The number of thiophene rings is 1. The number of benzene rings is 1. The van der Waals surface area contributed by atoms with Gasteiger partial charge in [-0.1, -0.05) is 64.4 Å². The molecule has 0 aliphatic carbocycles. The number of carbonyl (C=O) groups excluding carboxylic acids is 3. The Morgan fingerprint density at radius 1 is 0.912 bits per heavy atom. The maximum Gasteiger partial charge on any atom is 0.353 e. The Labute approximate surface area is 206 Å². The SMILES string of the molecule is CCCCCCCCCCCC(=O)NCC(=O)NN=Cc1ccc(OC(=O)c2cccs2)cc1. The van der Waals surface area contributed by atoms with Crippen molar-refractivity contribution in [3.63, 3.8) is 0 Å². The molecular weight excluding hydrogens is 450 g/mol. The van der Waals surface area contributed by atoms with Gasteiger partial charge in [-0.25, -0.2) is 10.2 Å². The lowest BCUT2D eigenvalue weighted by Gasteiger charge is -2.05. The first-order chi connectivity index (χ1) is 16.6. The highest BCUT2D eigenvalue weighted by atomic mass is 32.1. The second-order valence-corrected chi connectivity index (χ2v) is 9.03. The molecule has 0 saturated carbocycles. The van der Waals surface area contributed by atoms with Gasteiger partial charge in [0.2, 0.25) is 5.91 Å². The molecule has 0 fully saturated rings. The fraction of sp³-hybridized carbons (Fsp3) is 0.462. The number of rotatable bonds is 16. The average Bonchev–Trinajstić information content (AvgIpc) is 3.38. The Morgan fingerprint density at radius 2 is 1.59 bits per heavy atom. The standard InChI is InChI=1S/C26H35N3O4S/c1-2-3-4-5-6-7-8-9-10-13-24(30)27-20-25(31)29-28-19-21-14-16-22(17-15-21)33-26(32)23-12-11-18-34-23/h11-12,14-19H,2-10,13,20H2,1H3,(H,27,30)(H,29,31). The van der Waals surface area contributed by atoms with Crippen LogP contribution in [-0.4, -0.2) is 30.5 Å². The Kier molecular flexibility index (Phi) is 13.3. The highest BCUT2D eigenvalue weighted by molar-refractivity contribution is 7.12. The first kappa shape index (κ1) is 27.2. The van der Waals surface area contributed by atoms with Crippen molar-refractivity contribution in [2.24, 2.45) is 5.10 Å². The molecule has 0 aliphatic heterocycles. The topological polar surface area (TPSA) is 96.9 Å². The molecule has 1 aromatic heterocycles. The predicted molar refractivity (Wildman–Crippen MR) is 136 cm³/mol. The summed E-state index contributed by atoms with van der Waals surface area (Å²) < 4.78 is 5.29. The third-order valence-electron chi connectivity index (χ3n) is 5.17. The number of nitrogens with zero attached hydrogens (tertiary/aromatic N) is 1. The molecule has 0 bridgehead atoms. The molecule has 1 aromatic carbocycles. The van der Waals surface area contributed by atoms with E-state index in [0.717, 1.165) is 24.8 Å². The molecule has 0 radical (unpaired) electrons. The lowest BCUT2D eigenvalue weighted by molar-refractivity contribution is -0.126. The van der Waals surface area contributed by atoms with E-state index in [1.807, 2.05) is 5.38 Å². The minimum Gasteiger partial charge on any atom is -0.422 e. The summed E-state index contributed by atoms with van der Waals surface area (Å²) in [6, 6.07) is 10.2. The van der Waals surface area contributed by atoms with Crippen molar-refractivity contribution >= 4 is 35.3 Å². The van der Waals surface area contributed by atoms with Crippen LogP contribution in [0, 0.1) is 0 Å². The van der Waals surface area contributed by atoms with E-state index in [4.69, 9.17) is 4.74 Å². The summed E-state index contributed by atoms with van der Waals surface area (Å²) >= 11 is 1.32. The molecule has 2 aromatic rings. The molecule has 0 aliphatic rings. The summed E-state index contributed by atoms with van der Waals surface area (Å²) in [7, 11) is 0. The molecule has 0 unspecified atom stereocenters. The number of hydrogen-bond donors (Lipinski definition) is 2. The minimum absolute atomic E-state index is 0.106. The largest absolute Gasteiger partial charge is 0.422 e. The number of esters is 1. The van der Waals surface area contributed by atoms with E-state index in [1.54, 1.807) is 36.4 Å². The van der Waals surface area contributed by atoms with Gasteiger partial charge in [-0.2, -0.15) is 5.10 Å². The van der Waals surface area contributed by atoms with Crippen molar-refractivity contribution in [1.82, 2.24) is 10.7 Å².